The summed E-state index contributed by atoms with van der Waals surface area (Å²) in [7, 11) is 2.89. The van der Waals surface area contributed by atoms with E-state index in [2.05, 4.69) is 10.6 Å². The molecule has 2 aromatic carbocycles. The lowest BCUT2D eigenvalue weighted by atomic mass is 10.0. The van der Waals surface area contributed by atoms with Gasteiger partial charge < -0.3 is 20.1 Å². The van der Waals surface area contributed by atoms with Crippen LogP contribution in [0.15, 0.2) is 54.6 Å². The summed E-state index contributed by atoms with van der Waals surface area (Å²) in [6.45, 7) is 0.278. The molecule has 0 saturated carbocycles. The number of methoxy groups -OCH3 is 2. The Morgan fingerprint density at radius 3 is 2.33 bits per heavy atom. The van der Waals surface area contributed by atoms with E-state index in [0.29, 0.717) is 10.6 Å². The van der Waals surface area contributed by atoms with Crippen LogP contribution in [0.25, 0.3) is 0 Å². The molecule has 0 fully saturated rings. The van der Waals surface area contributed by atoms with Crippen LogP contribution in [0.3, 0.4) is 0 Å². The van der Waals surface area contributed by atoms with Crippen LogP contribution in [0, 0.1) is 0 Å². The van der Waals surface area contributed by atoms with Gasteiger partial charge in [-0.1, -0.05) is 60.1 Å². The molecule has 0 aliphatic carbocycles. The van der Waals surface area contributed by atoms with Gasteiger partial charge >= 0.3 is 12.0 Å². The predicted molar refractivity (Wildman–Crippen MR) is 104 cm³/mol. The summed E-state index contributed by atoms with van der Waals surface area (Å²) >= 11 is 6.22. The molecule has 2 rings (SSSR count). The van der Waals surface area contributed by atoms with Crippen LogP contribution >= 0.6 is 11.6 Å². The van der Waals surface area contributed by atoms with E-state index in [-0.39, 0.29) is 19.1 Å². The first kappa shape index (κ1) is 20.7. The highest BCUT2D eigenvalue weighted by molar-refractivity contribution is 6.31. The van der Waals surface area contributed by atoms with Crippen LogP contribution in [0.4, 0.5) is 4.79 Å². The minimum atomic E-state index is -0.608. The fourth-order valence-corrected chi connectivity index (χ4v) is 2.91. The number of esters is 1. The van der Waals surface area contributed by atoms with Crippen LogP contribution in [-0.4, -0.2) is 32.8 Å². The summed E-state index contributed by atoms with van der Waals surface area (Å²) in [6, 6.07) is 15.6. The van der Waals surface area contributed by atoms with Crippen LogP contribution in [0.5, 0.6) is 0 Å². The van der Waals surface area contributed by atoms with Gasteiger partial charge in [-0.05, 0) is 17.2 Å². The van der Waals surface area contributed by atoms with Crippen molar-refractivity contribution < 1.29 is 19.1 Å². The molecule has 2 atom stereocenters. The van der Waals surface area contributed by atoms with Gasteiger partial charge in [0.15, 0.2) is 0 Å². The van der Waals surface area contributed by atoms with Gasteiger partial charge in [0.2, 0.25) is 0 Å². The standard InChI is InChI=1S/C20H23ClN2O4/c1-26-18(14-8-4-3-5-9-14)13-22-20(25)23-17(12-19(24)27-2)15-10-6-7-11-16(15)21/h3-11,17-18H,12-13H2,1-2H3,(H2,22,23,25). The predicted octanol–water partition coefficient (Wildman–Crippen LogP) is 3.63. The highest BCUT2D eigenvalue weighted by Crippen LogP contribution is 2.25. The summed E-state index contributed by atoms with van der Waals surface area (Å²) in [4.78, 5) is 24.1. The summed E-state index contributed by atoms with van der Waals surface area (Å²) < 4.78 is 10.2. The molecule has 0 radical (unpaired) electrons. The van der Waals surface area contributed by atoms with Crippen molar-refractivity contribution in [2.75, 3.05) is 20.8 Å². The molecule has 27 heavy (non-hydrogen) atoms. The molecular formula is C20H23ClN2O4. The van der Waals surface area contributed by atoms with Gasteiger partial charge in [-0.25, -0.2) is 4.79 Å². The number of benzene rings is 2. The first-order valence-corrected chi connectivity index (χ1v) is 8.86. The van der Waals surface area contributed by atoms with E-state index in [1.807, 2.05) is 30.3 Å². The number of halogens is 1. The van der Waals surface area contributed by atoms with Gasteiger partial charge in [-0.2, -0.15) is 0 Å². The van der Waals surface area contributed by atoms with E-state index in [1.165, 1.54) is 7.11 Å². The molecule has 0 aromatic heterocycles. The summed E-state index contributed by atoms with van der Waals surface area (Å²) in [6.07, 6.45) is -0.309. The number of urea groups is 1. The number of ether oxygens (including phenoxy) is 2. The second-order valence-corrected chi connectivity index (χ2v) is 6.25. The average molecular weight is 391 g/mol. The fraction of sp³-hybridized carbons (Fsp3) is 0.300. The highest BCUT2D eigenvalue weighted by Gasteiger charge is 2.21. The maximum atomic E-state index is 12.4. The number of carbonyl (C=O) groups excluding carboxylic acids is 2. The van der Waals surface area contributed by atoms with Crippen molar-refractivity contribution in [3.63, 3.8) is 0 Å². The number of carbonyl (C=O) groups is 2. The van der Waals surface area contributed by atoms with Crippen LogP contribution in [0.1, 0.15) is 29.7 Å². The number of hydrogen-bond donors (Lipinski definition) is 2. The van der Waals surface area contributed by atoms with E-state index in [0.717, 1.165) is 5.56 Å². The first-order valence-electron chi connectivity index (χ1n) is 8.48. The molecule has 2 N–H and O–H groups in total. The van der Waals surface area contributed by atoms with Crippen molar-refractivity contribution in [2.24, 2.45) is 0 Å². The van der Waals surface area contributed by atoms with Gasteiger partial charge in [0, 0.05) is 18.7 Å². The average Bonchev–Trinajstić information content (AvgIpc) is 2.69. The third-order valence-electron chi connectivity index (χ3n) is 4.09. The Morgan fingerprint density at radius 1 is 1.04 bits per heavy atom. The van der Waals surface area contributed by atoms with Crippen molar-refractivity contribution in [1.82, 2.24) is 10.6 Å². The van der Waals surface area contributed by atoms with Crippen LogP contribution in [-0.2, 0) is 14.3 Å². The molecule has 0 saturated heterocycles. The molecule has 2 amide bonds. The van der Waals surface area contributed by atoms with Crippen molar-refractivity contribution in [3.05, 3.63) is 70.7 Å². The second-order valence-electron chi connectivity index (χ2n) is 5.84. The molecule has 0 bridgehead atoms. The van der Waals surface area contributed by atoms with E-state index in [1.54, 1.807) is 31.4 Å². The zero-order valence-corrected chi connectivity index (χ0v) is 16.0. The molecule has 2 unspecified atom stereocenters. The van der Waals surface area contributed by atoms with Gasteiger partial charge in [-0.3, -0.25) is 4.79 Å². The zero-order chi connectivity index (χ0) is 19.6. The zero-order valence-electron chi connectivity index (χ0n) is 15.3. The molecule has 2 aromatic rings. The Morgan fingerprint density at radius 2 is 1.70 bits per heavy atom. The minimum Gasteiger partial charge on any atom is -0.469 e. The number of rotatable bonds is 8. The maximum absolute atomic E-state index is 12.4. The Kier molecular flexibility index (Phi) is 8.10. The molecule has 0 spiro atoms. The molecule has 0 aliphatic heterocycles. The third-order valence-corrected chi connectivity index (χ3v) is 4.43. The Labute approximate surface area is 163 Å². The first-order chi connectivity index (χ1) is 13.0. The Hall–Kier alpha value is -2.57. The van der Waals surface area contributed by atoms with Crippen molar-refractivity contribution >= 4 is 23.6 Å². The van der Waals surface area contributed by atoms with Crippen LogP contribution < -0.4 is 10.6 Å². The third kappa shape index (κ3) is 6.27. The normalized spacial score (nSPS) is 12.7. The summed E-state index contributed by atoms with van der Waals surface area (Å²) in [5, 5.41) is 6.02. The van der Waals surface area contributed by atoms with E-state index in [9.17, 15) is 9.59 Å². The van der Waals surface area contributed by atoms with Gasteiger partial charge in [0.1, 0.15) is 0 Å². The number of nitrogens with one attached hydrogen (secondary N) is 2. The Balaban J connectivity index is 2.02. The number of amides is 2. The SMILES string of the molecule is COC(=O)CC(NC(=O)NCC(OC)c1ccccc1)c1ccccc1Cl. The van der Waals surface area contributed by atoms with E-state index in [4.69, 9.17) is 21.1 Å². The van der Waals surface area contributed by atoms with Gasteiger partial charge in [-0.15, -0.1) is 0 Å². The molecular weight excluding hydrogens is 368 g/mol. The largest absolute Gasteiger partial charge is 0.469 e. The van der Waals surface area contributed by atoms with Crippen molar-refractivity contribution in [3.8, 4) is 0 Å². The topological polar surface area (TPSA) is 76.7 Å². The molecule has 0 aliphatic rings. The molecule has 6 nitrogen and oxygen atoms in total. The fourth-order valence-electron chi connectivity index (χ4n) is 2.65. The van der Waals surface area contributed by atoms with E-state index < -0.39 is 18.0 Å². The van der Waals surface area contributed by atoms with Crippen LogP contribution in [0.2, 0.25) is 5.02 Å². The lowest BCUT2D eigenvalue weighted by molar-refractivity contribution is -0.141. The lowest BCUT2D eigenvalue weighted by Crippen LogP contribution is -2.40. The second kappa shape index (κ2) is 10.5. The smallest absolute Gasteiger partial charge is 0.315 e. The highest BCUT2D eigenvalue weighted by atomic mass is 35.5. The minimum absolute atomic E-state index is 0.0277. The van der Waals surface area contributed by atoms with Gasteiger partial charge in [0.25, 0.3) is 0 Å². The number of hydrogen-bond acceptors (Lipinski definition) is 4. The quantitative estimate of drug-likeness (QED) is 0.675. The lowest BCUT2D eigenvalue weighted by Gasteiger charge is -2.21. The molecule has 7 heteroatoms. The molecule has 144 valence electrons. The molecule has 0 heterocycles. The maximum Gasteiger partial charge on any atom is 0.315 e. The summed E-state index contributed by atoms with van der Waals surface area (Å²) in [5.74, 6) is -0.445. The van der Waals surface area contributed by atoms with E-state index >= 15 is 0 Å². The van der Waals surface area contributed by atoms with Crippen molar-refractivity contribution in [2.45, 2.75) is 18.6 Å². The Bertz CT molecular complexity index is 755. The monoisotopic (exact) mass is 390 g/mol. The van der Waals surface area contributed by atoms with Crippen molar-refractivity contribution in [1.29, 1.82) is 0 Å². The van der Waals surface area contributed by atoms with Gasteiger partial charge in [0.05, 0.1) is 25.7 Å². The summed E-state index contributed by atoms with van der Waals surface area (Å²) in [5.41, 5.74) is 1.60.